The molecule has 4 atom stereocenters. The van der Waals surface area contributed by atoms with Gasteiger partial charge >= 0.3 is 5.97 Å². The van der Waals surface area contributed by atoms with Gasteiger partial charge in [0, 0.05) is 35.7 Å². The van der Waals surface area contributed by atoms with Crippen molar-refractivity contribution < 1.29 is 34.2 Å². The summed E-state index contributed by atoms with van der Waals surface area (Å²) in [5.74, 6) is -4.59. The quantitative estimate of drug-likeness (QED) is 0.123. The van der Waals surface area contributed by atoms with Gasteiger partial charge < -0.3 is 42.6 Å². The summed E-state index contributed by atoms with van der Waals surface area (Å²) < 4.78 is 0. The van der Waals surface area contributed by atoms with E-state index >= 15 is 0 Å². The van der Waals surface area contributed by atoms with Crippen LogP contribution in [0.15, 0.2) is 30.5 Å². The molecular weight excluding hydrogens is 492 g/mol. The second kappa shape index (κ2) is 13.5. The van der Waals surface area contributed by atoms with Gasteiger partial charge in [0.05, 0.1) is 12.6 Å². The minimum atomic E-state index is -1.62. The summed E-state index contributed by atoms with van der Waals surface area (Å²) in [6, 6.07) is 2.14. The molecule has 13 nitrogen and oxygen atoms in total. The minimum Gasteiger partial charge on any atom is -0.480 e. The van der Waals surface area contributed by atoms with Gasteiger partial charge in [0.15, 0.2) is 0 Å². The van der Waals surface area contributed by atoms with E-state index in [1.54, 1.807) is 6.20 Å². The number of fused-ring (bicyclic) bond motifs is 1. The van der Waals surface area contributed by atoms with Gasteiger partial charge in [-0.3, -0.25) is 19.2 Å². The van der Waals surface area contributed by atoms with Crippen LogP contribution in [0.4, 0.5) is 0 Å². The Morgan fingerprint density at radius 3 is 2.19 bits per heavy atom. The lowest BCUT2D eigenvalue weighted by molar-refractivity contribution is -0.143. The summed E-state index contributed by atoms with van der Waals surface area (Å²) in [5.41, 5.74) is 12.4. The molecule has 14 heteroatoms. The average Bonchev–Trinajstić information content (AvgIpc) is 3.26. The molecule has 4 amide bonds. The van der Waals surface area contributed by atoms with Gasteiger partial charge in [0.2, 0.25) is 23.6 Å². The summed E-state index contributed by atoms with van der Waals surface area (Å²) in [6.07, 6.45) is 1.18. The van der Waals surface area contributed by atoms with Crippen LogP contribution in [-0.4, -0.2) is 81.3 Å². The number of amides is 4. The number of nitrogens with two attached hydrogens (primary N) is 2. The number of primary amides is 1. The molecule has 2 aromatic rings. The Labute approximate surface area is 211 Å². The third kappa shape index (κ3) is 7.96. The van der Waals surface area contributed by atoms with Crippen LogP contribution < -0.4 is 27.4 Å². The van der Waals surface area contributed by atoms with Crippen LogP contribution in [0, 0.1) is 0 Å². The molecule has 1 aromatic heterocycles. The van der Waals surface area contributed by atoms with Gasteiger partial charge in [0.1, 0.15) is 18.1 Å². The molecule has 0 aliphatic heterocycles. The third-order valence-corrected chi connectivity index (χ3v) is 5.77. The molecule has 1 aromatic carbocycles. The smallest absolute Gasteiger partial charge is 0.328 e. The van der Waals surface area contributed by atoms with Gasteiger partial charge in [-0.25, -0.2) is 4.79 Å². The Hall–Kier alpha value is -3.62. The summed E-state index contributed by atoms with van der Waals surface area (Å²) >= 11 is 4.00. The highest BCUT2D eigenvalue weighted by Crippen LogP contribution is 2.19. The van der Waals surface area contributed by atoms with E-state index in [1.165, 1.54) is 0 Å². The molecule has 196 valence electrons. The van der Waals surface area contributed by atoms with E-state index in [2.05, 4.69) is 33.6 Å². The number of thiol groups is 1. The largest absolute Gasteiger partial charge is 0.480 e. The number of aliphatic hydroxyl groups is 1. The minimum absolute atomic E-state index is 0.0225. The lowest BCUT2D eigenvalue weighted by Gasteiger charge is -2.24. The van der Waals surface area contributed by atoms with Crippen molar-refractivity contribution in [3.63, 3.8) is 0 Å². The van der Waals surface area contributed by atoms with Gasteiger partial charge in [-0.1, -0.05) is 18.2 Å². The highest BCUT2D eigenvalue weighted by atomic mass is 32.1. The number of H-pyrrole nitrogens is 1. The number of rotatable bonds is 14. The molecule has 36 heavy (non-hydrogen) atoms. The van der Waals surface area contributed by atoms with E-state index in [4.69, 9.17) is 16.6 Å². The Bertz CT molecular complexity index is 1110. The summed E-state index contributed by atoms with van der Waals surface area (Å²) in [4.78, 5) is 63.9. The van der Waals surface area contributed by atoms with E-state index in [1.807, 2.05) is 24.3 Å². The van der Waals surface area contributed by atoms with E-state index in [0.717, 1.165) is 10.9 Å². The zero-order valence-corrected chi connectivity index (χ0v) is 20.2. The Morgan fingerprint density at radius 2 is 1.58 bits per heavy atom. The Kier molecular flexibility index (Phi) is 10.7. The van der Waals surface area contributed by atoms with Crippen LogP contribution in [-0.2, 0) is 30.4 Å². The molecule has 0 saturated heterocycles. The predicted molar refractivity (Wildman–Crippen MR) is 133 cm³/mol. The number of hydrogen-bond donors (Lipinski definition) is 9. The first-order valence-electron chi connectivity index (χ1n) is 11.0. The zero-order chi connectivity index (χ0) is 26.8. The molecule has 0 radical (unpaired) electrons. The molecule has 1 heterocycles. The number of aromatic nitrogens is 1. The molecule has 0 aliphatic carbocycles. The number of aliphatic hydroxyl groups excluding tert-OH is 1. The maximum absolute atomic E-state index is 13.2. The highest BCUT2D eigenvalue weighted by Gasteiger charge is 2.30. The van der Waals surface area contributed by atoms with Crippen molar-refractivity contribution in [2.75, 3.05) is 12.4 Å². The molecule has 10 N–H and O–H groups in total. The maximum Gasteiger partial charge on any atom is 0.328 e. The average molecular weight is 523 g/mol. The van der Waals surface area contributed by atoms with Gasteiger partial charge in [-0.15, -0.1) is 0 Å². The van der Waals surface area contributed by atoms with Crippen LogP contribution >= 0.6 is 12.6 Å². The van der Waals surface area contributed by atoms with Crippen molar-refractivity contribution in [3.8, 4) is 0 Å². The lowest BCUT2D eigenvalue weighted by atomic mass is 10.0. The second-order valence-corrected chi connectivity index (χ2v) is 8.43. The normalized spacial score (nSPS) is 14.3. The number of carboxylic acid groups (broad SMARTS) is 1. The van der Waals surface area contributed by atoms with Crippen molar-refractivity contribution >= 4 is 53.1 Å². The fourth-order valence-corrected chi connectivity index (χ4v) is 3.54. The van der Waals surface area contributed by atoms with E-state index in [0.29, 0.717) is 5.56 Å². The van der Waals surface area contributed by atoms with Crippen LogP contribution in [0.25, 0.3) is 10.9 Å². The summed E-state index contributed by atoms with van der Waals surface area (Å²) in [6.45, 7) is -0.890. The number of aliphatic carboxylic acids is 1. The van der Waals surface area contributed by atoms with Crippen molar-refractivity contribution in [1.82, 2.24) is 20.9 Å². The number of hydrogen-bond acceptors (Lipinski definition) is 8. The lowest BCUT2D eigenvalue weighted by Crippen LogP contribution is -2.58. The van der Waals surface area contributed by atoms with Gasteiger partial charge in [-0.2, -0.15) is 12.6 Å². The molecule has 2 rings (SSSR count). The first kappa shape index (κ1) is 28.6. The molecule has 0 aliphatic rings. The van der Waals surface area contributed by atoms with Crippen molar-refractivity contribution in [2.45, 2.75) is 43.4 Å². The first-order chi connectivity index (χ1) is 17.1. The number of nitrogens with one attached hydrogen (secondary N) is 4. The van der Waals surface area contributed by atoms with Crippen LogP contribution in [0.1, 0.15) is 18.4 Å². The topological polar surface area (TPSA) is 230 Å². The SMILES string of the molecule is NC(=O)CCC(NC(=O)C(Cc1c[nH]c2ccccc12)NC(=O)C(N)CS)C(=O)NC(CO)C(=O)O. The Morgan fingerprint density at radius 1 is 0.972 bits per heavy atom. The fourth-order valence-electron chi connectivity index (χ4n) is 3.38. The van der Waals surface area contributed by atoms with E-state index in [9.17, 15) is 29.1 Å². The van der Waals surface area contributed by atoms with Gasteiger partial charge in [-0.05, 0) is 18.1 Å². The maximum atomic E-state index is 13.2. The summed E-state index contributed by atoms with van der Waals surface area (Å²) in [5, 5.41) is 26.2. The third-order valence-electron chi connectivity index (χ3n) is 5.37. The molecular formula is C22H30N6O7S. The number of carbonyl (C=O) groups is 5. The van der Waals surface area contributed by atoms with Crippen LogP contribution in [0.2, 0.25) is 0 Å². The van der Waals surface area contributed by atoms with Crippen molar-refractivity contribution in [3.05, 3.63) is 36.0 Å². The number of carboxylic acids is 1. The highest BCUT2D eigenvalue weighted by molar-refractivity contribution is 7.80. The summed E-state index contributed by atoms with van der Waals surface area (Å²) in [7, 11) is 0. The molecule has 0 spiro atoms. The van der Waals surface area contributed by atoms with E-state index < -0.39 is 60.4 Å². The number of carbonyl (C=O) groups excluding carboxylic acids is 4. The first-order valence-corrected chi connectivity index (χ1v) is 11.6. The standard InChI is InChI=1S/C22H30N6O7S/c23-13(10-36)19(31)27-16(7-11-8-25-14-4-2-1-3-12(11)14)21(33)26-15(5-6-18(24)30)20(32)28-17(9-29)22(34)35/h1-4,8,13,15-17,25,29,36H,5-7,9-10,23H2,(H2,24,30)(H,26,33)(H,27,31)(H,28,32)(H,34,35). The van der Waals surface area contributed by atoms with Crippen LogP contribution in [0.3, 0.4) is 0 Å². The second-order valence-electron chi connectivity index (χ2n) is 8.06. The fraction of sp³-hybridized carbons (Fsp3) is 0.409. The molecule has 4 unspecified atom stereocenters. The number of benzene rings is 1. The van der Waals surface area contributed by atoms with Crippen LogP contribution in [0.5, 0.6) is 0 Å². The molecule has 0 bridgehead atoms. The predicted octanol–water partition coefficient (Wildman–Crippen LogP) is -2.24. The number of para-hydroxylation sites is 1. The van der Waals surface area contributed by atoms with E-state index in [-0.39, 0.29) is 25.0 Å². The monoisotopic (exact) mass is 522 g/mol. The zero-order valence-electron chi connectivity index (χ0n) is 19.3. The number of aromatic amines is 1. The van der Waals surface area contributed by atoms with Crippen molar-refractivity contribution in [1.29, 1.82) is 0 Å². The Balaban J connectivity index is 2.29. The van der Waals surface area contributed by atoms with Gasteiger partial charge in [0.25, 0.3) is 0 Å². The van der Waals surface area contributed by atoms with Crippen molar-refractivity contribution in [2.24, 2.45) is 11.5 Å². The molecule has 0 saturated carbocycles. The molecule has 0 fully saturated rings.